The Morgan fingerprint density at radius 2 is 1.94 bits per heavy atom. The molecule has 0 spiro atoms. The Kier molecular flexibility index (Phi) is 2.97. The minimum atomic E-state index is -0.230. The van der Waals surface area contributed by atoms with Crippen molar-refractivity contribution in [2.24, 2.45) is 16.7 Å². The summed E-state index contributed by atoms with van der Waals surface area (Å²) in [4.78, 5) is 11.4. The van der Waals surface area contributed by atoms with Crippen LogP contribution in [-0.4, -0.2) is 17.5 Å². The van der Waals surface area contributed by atoms with Gasteiger partial charge in [-0.3, -0.25) is 4.79 Å². The van der Waals surface area contributed by atoms with E-state index in [4.69, 9.17) is 0 Å². The molecule has 1 N–H and O–H groups in total. The zero-order valence-electron chi connectivity index (χ0n) is 11.4. The molecule has 2 rings (SSSR count). The van der Waals surface area contributed by atoms with E-state index in [0.29, 0.717) is 5.92 Å². The van der Waals surface area contributed by atoms with Crippen molar-refractivity contribution >= 4 is 6.29 Å². The quantitative estimate of drug-likeness (QED) is 0.710. The zero-order valence-corrected chi connectivity index (χ0v) is 11.4. The second-order valence-corrected chi connectivity index (χ2v) is 6.70. The molecule has 0 aromatic rings. The molecule has 2 aliphatic carbocycles. The number of carbonyl (C=O) groups excluding carboxylic acids is 1. The van der Waals surface area contributed by atoms with E-state index < -0.39 is 0 Å². The molecule has 0 saturated heterocycles. The van der Waals surface area contributed by atoms with Crippen LogP contribution in [-0.2, 0) is 4.79 Å². The molecule has 1 saturated carbocycles. The lowest BCUT2D eigenvalue weighted by molar-refractivity contribution is -0.113. The molecule has 0 amide bonds. The maximum atomic E-state index is 11.4. The van der Waals surface area contributed by atoms with Crippen LogP contribution in [0.5, 0.6) is 0 Å². The molecule has 96 valence electrons. The van der Waals surface area contributed by atoms with E-state index >= 15 is 0 Å². The number of aliphatic hydroxyl groups excluding tert-OH is 1. The summed E-state index contributed by atoms with van der Waals surface area (Å²) in [5.41, 5.74) is 2.16. The molecule has 0 aliphatic heterocycles. The lowest BCUT2D eigenvalue weighted by Crippen LogP contribution is -2.52. The molecule has 17 heavy (non-hydrogen) atoms. The number of allylic oxidation sites excluding steroid dienone is 2. The number of aldehydes is 1. The zero-order chi connectivity index (χ0) is 12.8. The second kappa shape index (κ2) is 3.94. The van der Waals surface area contributed by atoms with Crippen LogP contribution >= 0.6 is 0 Å². The van der Waals surface area contributed by atoms with E-state index in [-0.39, 0.29) is 16.9 Å². The SMILES string of the molecule is CC1=C(C=O)[C@@]2(C)CC[C@H](O)C(C)(C)[C@@H]2CC1. The van der Waals surface area contributed by atoms with Crippen molar-refractivity contribution in [2.75, 3.05) is 0 Å². The summed E-state index contributed by atoms with van der Waals surface area (Å²) < 4.78 is 0. The summed E-state index contributed by atoms with van der Waals surface area (Å²) in [6, 6.07) is 0. The number of hydrogen-bond acceptors (Lipinski definition) is 2. The standard InChI is InChI=1S/C15H24O2/c1-10-5-6-12-14(2,3)13(17)7-8-15(12,4)11(10)9-16/h9,12-13,17H,5-8H2,1-4H3/t12-,13-,15+/m0/s1. The Morgan fingerprint density at radius 3 is 2.53 bits per heavy atom. The van der Waals surface area contributed by atoms with Crippen molar-refractivity contribution in [2.45, 2.75) is 59.5 Å². The lowest BCUT2D eigenvalue weighted by atomic mass is 9.49. The van der Waals surface area contributed by atoms with Crippen LogP contribution in [0.25, 0.3) is 0 Å². The van der Waals surface area contributed by atoms with Crippen molar-refractivity contribution in [3.8, 4) is 0 Å². The largest absolute Gasteiger partial charge is 0.393 e. The topological polar surface area (TPSA) is 37.3 Å². The van der Waals surface area contributed by atoms with E-state index in [1.807, 2.05) is 0 Å². The average molecular weight is 236 g/mol. The van der Waals surface area contributed by atoms with Crippen LogP contribution < -0.4 is 0 Å². The van der Waals surface area contributed by atoms with Gasteiger partial charge in [0, 0.05) is 0 Å². The molecule has 0 bridgehead atoms. The Bertz CT molecular complexity index is 367. The monoisotopic (exact) mass is 236 g/mol. The van der Waals surface area contributed by atoms with Crippen molar-refractivity contribution in [3.63, 3.8) is 0 Å². The predicted octanol–water partition coefficient (Wildman–Crippen LogP) is 3.10. The molecule has 2 aliphatic rings. The average Bonchev–Trinajstić information content (AvgIpc) is 2.24. The maximum Gasteiger partial charge on any atom is 0.146 e. The number of hydrogen-bond donors (Lipinski definition) is 1. The third-order valence-corrected chi connectivity index (χ3v) is 5.46. The molecule has 0 aromatic heterocycles. The van der Waals surface area contributed by atoms with Crippen molar-refractivity contribution in [3.05, 3.63) is 11.1 Å². The van der Waals surface area contributed by atoms with E-state index in [2.05, 4.69) is 27.7 Å². The first-order valence-corrected chi connectivity index (χ1v) is 6.67. The van der Waals surface area contributed by atoms with Gasteiger partial charge in [0.05, 0.1) is 6.10 Å². The van der Waals surface area contributed by atoms with Gasteiger partial charge in [-0.1, -0.05) is 26.3 Å². The molecular weight excluding hydrogens is 212 g/mol. The summed E-state index contributed by atoms with van der Waals surface area (Å²) in [5.74, 6) is 0.419. The normalized spacial score (nSPS) is 41.0. The first kappa shape index (κ1) is 12.8. The number of aliphatic hydroxyl groups is 1. The minimum Gasteiger partial charge on any atom is -0.393 e. The molecule has 2 nitrogen and oxygen atoms in total. The van der Waals surface area contributed by atoms with Crippen molar-refractivity contribution < 1.29 is 9.90 Å². The third kappa shape index (κ3) is 1.69. The van der Waals surface area contributed by atoms with Gasteiger partial charge in [-0.05, 0) is 54.9 Å². The highest BCUT2D eigenvalue weighted by molar-refractivity contribution is 5.77. The number of fused-ring (bicyclic) bond motifs is 1. The summed E-state index contributed by atoms with van der Waals surface area (Å²) in [6.07, 6.45) is 4.69. The van der Waals surface area contributed by atoms with Crippen LogP contribution in [0.2, 0.25) is 0 Å². The molecule has 2 heteroatoms. The summed E-state index contributed by atoms with van der Waals surface area (Å²) in [7, 11) is 0. The van der Waals surface area contributed by atoms with E-state index in [9.17, 15) is 9.90 Å². The van der Waals surface area contributed by atoms with Gasteiger partial charge in [0.25, 0.3) is 0 Å². The van der Waals surface area contributed by atoms with Crippen LogP contribution in [0.4, 0.5) is 0 Å². The van der Waals surface area contributed by atoms with Gasteiger partial charge >= 0.3 is 0 Å². The number of carbonyl (C=O) groups is 1. The fraction of sp³-hybridized carbons (Fsp3) is 0.800. The van der Waals surface area contributed by atoms with Gasteiger partial charge in [0.1, 0.15) is 6.29 Å². The van der Waals surface area contributed by atoms with E-state index in [0.717, 1.165) is 37.5 Å². The molecule has 3 atom stereocenters. The Morgan fingerprint density at radius 1 is 1.29 bits per heavy atom. The van der Waals surface area contributed by atoms with Crippen molar-refractivity contribution in [1.29, 1.82) is 0 Å². The highest BCUT2D eigenvalue weighted by atomic mass is 16.3. The first-order valence-electron chi connectivity index (χ1n) is 6.67. The molecule has 0 unspecified atom stereocenters. The van der Waals surface area contributed by atoms with Crippen LogP contribution in [0.1, 0.15) is 53.4 Å². The Hall–Kier alpha value is -0.630. The summed E-state index contributed by atoms with van der Waals surface area (Å²) in [6.45, 7) is 8.62. The van der Waals surface area contributed by atoms with Gasteiger partial charge in [-0.25, -0.2) is 0 Å². The highest BCUT2D eigenvalue weighted by Crippen LogP contribution is 2.58. The van der Waals surface area contributed by atoms with E-state index in [1.54, 1.807) is 0 Å². The Labute approximate surface area is 104 Å². The maximum absolute atomic E-state index is 11.4. The van der Waals surface area contributed by atoms with E-state index in [1.165, 1.54) is 5.57 Å². The fourth-order valence-electron chi connectivity index (χ4n) is 4.27. The second-order valence-electron chi connectivity index (χ2n) is 6.70. The van der Waals surface area contributed by atoms with Crippen LogP contribution in [0.3, 0.4) is 0 Å². The summed E-state index contributed by atoms with van der Waals surface area (Å²) in [5, 5.41) is 10.2. The lowest BCUT2D eigenvalue weighted by Gasteiger charge is -2.55. The molecule has 0 heterocycles. The molecule has 0 aromatic carbocycles. The van der Waals surface area contributed by atoms with Crippen LogP contribution in [0.15, 0.2) is 11.1 Å². The van der Waals surface area contributed by atoms with Crippen molar-refractivity contribution in [1.82, 2.24) is 0 Å². The van der Waals surface area contributed by atoms with Gasteiger partial charge in [0.2, 0.25) is 0 Å². The minimum absolute atomic E-state index is 0.0210. The van der Waals surface area contributed by atoms with Gasteiger partial charge in [-0.2, -0.15) is 0 Å². The molecule has 0 radical (unpaired) electrons. The summed E-state index contributed by atoms with van der Waals surface area (Å²) >= 11 is 0. The fourth-order valence-corrected chi connectivity index (χ4v) is 4.27. The first-order chi connectivity index (χ1) is 7.84. The van der Waals surface area contributed by atoms with Gasteiger partial charge in [-0.15, -0.1) is 0 Å². The predicted molar refractivity (Wildman–Crippen MR) is 68.6 cm³/mol. The number of rotatable bonds is 1. The Balaban J connectivity index is 2.48. The van der Waals surface area contributed by atoms with Crippen LogP contribution in [0, 0.1) is 16.7 Å². The highest BCUT2D eigenvalue weighted by Gasteiger charge is 2.53. The molecular formula is C15H24O2. The third-order valence-electron chi connectivity index (χ3n) is 5.46. The molecule has 1 fully saturated rings. The van der Waals surface area contributed by atoms with Gasteiger partial charge in [0.15, 0.2) is 0 Å². The van der Waals surface area contributed by atoms with Gasteiger partial charge < -0.3 is 5.11 Å². The smallest absolute Gasteiger partial charge is 0.146 e.